The molecule has 5 heteroatoms. The number of nitrogens with one attached hydrogen (secondary N) is 1. The molecule has 3 aromatic rings. The Bertz CT molecular complexity index is 967. The van der Waals surface area contributed by atoms with E-state index < -0.39 is 5.82 Å². The van der Waals surface area contributed by atoms with Gasteiger partial charge in [-0.1, -0.05) is 42.5 Å². The van der Waals surface area contributed by atoms with Crippen LogP contribution in [0.2, 0.25) is 0 Å². The van der Waals surface area contributed by atoms with Crippen LogP contribution in [0.3, 0.4) is 0 Å². The van der Waals surface area contributed by atoms with Gasteiger partial charge >= 0.3 is 0 Å². The maximum absolute atomic E-state index is 13.8. The number of carbonyl (C=O) groups excluding carboxylic acids is 1. The molecule has 4 rings (SSSR count). The smallest absolute Gasteiger partial charge is 0.255 e. The summed E-state index contributed by atoms with van der Waals surface area (Å²) in [5, 5.41) is 2.76. The predicted molar refractivity (Wildman–Crippen MR) is 111 cm³/mol. The van der Waals surface area contributed by atoms with Crippen LogP contribution in [0.1, 0.15) is 23.2 Å². The lowest BCUT2D eigenvalue weighted by Crippen LogP contribution is -2.18. The average molecular weight is 391 g/mol. The third kappa shape index (κ3) is 4.81. The Hall–Kier alpha value is -3.18. The first kappa shape index (κ1) is 19.2. The number of rotatable bonds is 6. The van der Waals surface area contributed by atoms with E-state index in [2.05, 4.69) is 5.32 Å². The standard InChI is InChI=1S/C24H22FNO3/c25-20-12-13-23(29-16-21-7-4-14-28-21)22(15-20)26-24(27)19-10-8-18(9-11-19)17-5-2-1-3-6-17/h1-3,5-6,8-13,15,21H,4,7,14,16H2,(H,26,27). The Morgan fingerprint density at radius 1 is 1.03 bits per heavy atom. The van der Waals surface area contributed by atoms with Gasteiger partial charge in [0.15, 0.2) is 0 Å². The first-order valence-corrected chi connectivity index (χ1v) is 9.70. The van der Waals surface area contributed by atoms with E-state index in [1.54, 1.807) is 12.1 Å². The van der Waals surface area contributed by atoms with Gasteiger partial charge in [-0.15, -0.1) is 0 Å². The Morgan fingerprint density at radius 3 is 2.52 bits per heavy atom. The molecule has 1 unspecified atom stereocenters. The molecular formula is C24H22FNO3. The molecule has 1 fully saturated rings. The Kier molecular flexibility index (Phi) is 5.86. The van der Waals surface area contributed by atoms with Crippen LogP contribution in [0.25, 0.3) is 11.1 Å². The predicted octanol–water partition coefficient (Wildman–Crippen LogP) is 5.30. The van der Waals surface area contributed by atoms with E-state index >= 15 is 0 Å². The number of ether oxygens (including phenoxy) is 2. The van der Waals surface area contributed by atoms with E-state index in [1.807, 2.05) is 42.5 Å². The van der Waals surface area contributed by atoms with Gasteiger partial charge in [0.25, 0.3) is 5.91 Å². The summed E-state index contributed by atoms with van der Waals surface area (Å²) in [5.74, 6) is -0.336. The molecule has 148 valence electrons. The van der Waals surface area contributed by atoms with E-state index in [0.717, 1.165) is 30.6 Å². The summed E-state index contributed by atoms with van der Waals surface area (Å²) in [7, 11) is 0. The highest BCUT2D eigenvalue weighted by Crippen LogP contribution is 2.27. The van der Waals surface area contributed by atoms with Gasteiger partial charge in [0.05, 0.1) is 11.8 Å². The zero-order chi connectivity index (χ0) is 20.1. The van der Waals surface area contributed by atoms with Gasteiger partial charge in [0, 0.05) is 18.2 Å². The van der Waals surface area contributed by atoms with Crippen molar-refractivity contribution in [2.24, 2.45) is 0 Å². The summed E-state index contributed by atoms with van der Waals surface area (Å²) < 4.78 is 25.1. The number of hydrogen-bond donors (Lipinski definition) is 1. The molecule has 3 aromatic carbocycles. The third-order valence-electron chi connectivity index (χ3n) is 4.89. The van der Waals surface area contributed by atoms with Crippen molar-refractivity contribution < 1.29 is 18.7 Å². The van der Waals surface area contributed by atoms with Crippen molar-refractivity contribution in [2.45, 2.75) is 18.9 Å². The summed E-state index contributed by atoms with van der Waals surface area (Å²) in [4.78, 5) is 12.7. The lowest BCUT2D eigenvalue weighted by atomic mass is 10.0. The minimum absolute atomic E-state index is 0.0362. The molecule has 0 aliphatic carbocycles. The van der Waals surface area contributed by atoms with E-state index in [9.17, 15) is 9.18 Å². The van der Waals surface area contributed by atoms with Gasteiger partial charge < -0.3 is 14.8 Å². The third-order valence-corrected chi connectivity index (χ3v) is 4.89. The van der Waals surface area contributed by atoms with Crippen molar-refractivity contribution in [3.63, 3.8) is 0 Å². The van der Waals surface area contributed by atoms with Gasteiger partial charge in [0.1, 0.15) is 18.2 Å². The zero-order valence-electron chi connectivity index (χ0n) is 15.9. The van der Waals surface area contributed by atoms with Crippen LogP contribution in [0.4, 0.5) is 10.1 Å². The number of hydrogen-bond acceptors (Lipinski definition) is 3. The Labute approximate surface area is 169 Å². The van der Waals surface area contributed by atoms with Gasteiger partial charge in [-0.3, -0.25) is 4.79 Å². The first-order valence-electron chi connectivity index (χ1n) is 9.70. The van der Waals surface area contributed by atoms with Crippen LogP contribution in [0.15, 0.2) is 72.8 Å². The molecule has 0 aromatic heterocycles. The van der Waals surface area contributed by atoms with Gasteiger partial charge in [0.2, 0.25) is 0 Å². The molecule has 1 N–H and O–H groups in total. The fourth-order valence-corrected chi connectivity index (χ4v) is 3.32. The SMILES string of the molecule is O=C(Nc1cc(F)ccc1OCC1CCCO1)c1ccc(-c2ccccc2)cc1. The summed E-state index contributed by atoms with van der Waals surface area (Å²) in [6.45, 7) is 1.11. The number of anilines is 1. The van der Waals surface area contributed by atoms with Crippen molar-refractivity contribution >= 4 is 11.6 Å². The van der Waals surface area contributed by atoms with Gasteiger partial charge in [-0.2, -0.15) is 0 Å². The van der Waals surface area contributed by atoms with Crippen molar-refractivity contribution in [1.29, 1.82) is 0 Å². The first-order chi connectivity index (χ1) is 14.2. The highest BCUT2D eigenvalue weighted by atomic mass is 19.1. The van der Waals surface area contributed by atoms with Gasteiger partial charge in [-0.05, 0) is 48.2 Å². The largest absolute Gasteiger partial charge is 0.489 e. The number of amides is 1. The lowest BCUT2D eigenvalue weighted by molar-refractivity contribution is 0.0681. The second-order valence-electron chi connectivity index (χ2n) is 6.98. The lowest BCUT2D eigenvalue weighted by Gasteiger charge is -2.15. The summed E-state index contributed by atoms with van der Waals surface area (Å²) in [6.07, 6.45) is 1.99. The molecule has 1 aliphatic rings. The van der Waals surface area contributed by atoms with E-state index in [1.165, 1.54) is 18.2 Å². The van der Waals surface area contributed by atoms with Crippen molar-refractivity contribution in [3.8, 4) is 16.9 Å². The quantitative estimate of drug-likeness (QED) is 0.620. The Morgan fingerprint density at radius 2 is 1.79 bits per heavy atom. The van der Waals surface area contributed by atoms with Crippen LogP contribution >= 0.6 is 0 Å². The molecule has 1 aliphatic heterocycles. The molecule has 1 saturated heterocycles. The normalized spacial score (nSPS) is 15.8. The average Bonchev–Trinajstić information content (AvgIpc) is 3.28. The molecule has 1 amide bonds. The number of benzene rings is 3. The minimum Gasteiger partial charge on any atom is -0.489 e. The molecule has 1 atom stereocenters. The second kappa shape index (κ2) is 8.88. The molecule has 0 radical (unpaired) electrons. The molecule has 4 nitrogen and oxygen atoms in total. The van der Waals surface area contributed by atoms with Crippen LogP contribution in [0.5, 0.6) is 5.75 Å². The van der Waals surface area contributed by atoms with E-state index in [-0.39, 0.29) is 12.0 Å². The maximum atomic E-state index is 13.8. The maximum Gasteiger partial charge on any atom is 0.255 e. The molecule has 0 spiro atoms. The fourth-order valence-electron chi connectivity index (χ4n) is 3.32. The molecule has 0 saturated carbocycles. The minimum atomic E-state index is -0.441. The monoisotopic (exact) mass is 391 g/mol. The summed E-state index contributed by atoms with van der Waals surface area (Å²) >= 11 is 0. The van der Waals surface area contributed by atoms with Crippen molar-refractivity contribution in [3.05, 3.63) is 84.2 Å². The Balaban J connectivity index is 1.46. The van der Waals surface area contributed by atoms with E-state index in [4.69, 9.17) is 9.47 Å². The number of carbonyl (C=O) groups is 1. The summed E-state index contributed by atoms with van der Waals surface area (Å²) in [6, 6.07) is 21.3. The number of halogens is 1. The van der Waals surface area contributed by atoms with E-state index in [0.29, 0.717) is 23.6 Å². The molecule has 29 heavy (non-hydrogen) atoms. The molecule has 0 bridgehead atoms. The van der Waals surface area contributed by atoms with Crippen molar-refractivity contribution in [1.82, 2.24) is 0 Å². The van der Waals surface area contributed by atoms with Crippen LogP contribution in [-0.4, -0.2) is 25.2 Å². The van der Waals surface area contributed by atoms with Crippen molar-refractivity contribution in [2.75, 3.05) is 18.5 Å². The molecule has 1 heterocycles. The van der Waals surface area contributed by atoms with Crippen LogP contribution in [-0.2, 0) is 4.74 Å². The highest BCUT2D eigenvalue weighted by molar-refractivity contribution is 6.05. The highest BCUT2D eigenvalue weighted by Gasteiger charge is 2.18. The summed E-state index contributed by atoms with van der Waals surface area (Å²) in [5.41, 5.74) is 2.89. The topological polar surface area (TPSA) is 47.6 Å². The zero-order valence-corrected chi connectivity index (χ0v) is 15.9. The van der Waals surface area contributed by atoms with Crippen LogP contribution in [0, 0.1) is 5.82 Å². The fraction of sp³-hybridized carbons (Fsp3) is 0.208. The molecular weight excluding hydrogens is 369 g/mol. The van der Waals surface area contributed by atoms with Crippen LogP contribution < -0.4 is 10.1 Å². The second-order valence-corrected chi connectivity index (χ2v) is 6.98. The van der Waals surface area contributed by atoms with Gasteiger partial charge in [-0.25, -0.2) is 4.39 Å².